The van der Waals surface area contributed by atoms with E-state index in [9.17, 15) is 0 Å². The van der Waals surface area contributed by atoms with Crippen molar-refractivity contribution in [2.24, 2.45) is 5.14 Å². The summed E-state index contributed by atoms with van der Waals surface area (Å²) in [6.07, 6.45) is 2.69. The van der Waals surface area contributed by atoms with Crippen molar-refractivity contribution in [3.05, 3.63) is 53.6 Å². The first-order valence-corrected chi connectivity index (χ1v) is 8.43. The summed E-state index contributed by atoms with van der Waals surface area (Å²) in [5, 5.41) is 5.63. The Morgan fingerprint density at radius 2 is 1.90 bits per heavy atom. The molecule has 2 nitrogen and oxygen atoms in total. The summed E-state index contributed by atoms with van der Waals surface area (Å²) in [7, 11) is 0. The second-order valence-corrected chi connectivity index (χ2v) is 6.49. The third-order valence-electron chi connectivity index (χ3n) is 4.18. The lowest BCUT2D eigenvalue weighted by atomic mass is 9.99. The molecule has 0 unspecified atom stereocenters. The molecule has 0 aliphatic carbocycles. The van der Waals surface area contributed by atoms with Crippen LogP contribution < -0.4 is 5.14 Å². The fourth-order valence-electron chi connectivity index (χ4n) is 3.07. The van der Waals surface area contributed by atoms with E-state index in [2.05, 4.69) is 54.3 Å². The molecule has 1 saturated heterocycles. The van der Waals surface area contributed by atoms with Gasteiger partial charge in [0.15, 0.2) is 0 Å². The molecule has 0 bridgehead atoms. The second kappa shape index (κ2) is 6.65. The van der Waals surface area contributed by atoms with Crippen LogP contribution in [0.15, 0.2) is 47.4 Å². The van der Waals surface area contributed by atoms with E-state index in [1.54, 1.807) is 0 Å². The maximum absolute atomic E-state index is 5.63. The fourth-order valence-corrected chi connectivity index (χ4v) is 3.46. The molecule has 1 fully saturated rings. The quantitative estimate of drug-likeness (QED) is 0.857. The van der Waals surface area contributed by atoms with Gasteiger partial charge in [-0.2, -0.15) is 0 Å². The molecule has 1 aliphatic heterocycles. The summed E-state index contributed by atoms with van der Waals surface area (Å²) in [5.41, 5.74) is 5.30. The van der Waals surface area contributed by atoms with E-state index in [0.29, 0.717) is 0 Å². The van der Waals surface area contributed by atoms with Crippen LogP contribution in [0.25, 0.3) is 11.1 Å². The van der Waals surface area contributed by atoms with Gasteiger partial charge in [0.2, 0.25) is 0 Å². The number of likely N-dealkylation sites (tertiary alicyclic amines) is 1. The zero-order chi connectivity index (χ0) is 14.7. The number of hydrogen-bond donors (Lipinski definition) is 1. The highest BCUT2D eigenvalue weighted by atomic mass is 32.2. The highest BCUT2D eigenvalue weighted by Crippen LogP contribution is 2.27. The summed E-state index contributed by atoms with van der Waals surface area (Å²) in [6.45, 7) is 5.71. The van der Waals surface area contributed by atoms with Crippen LogP contribution in [-0.2, 0) is 6.54 Å². The SMILES string of the molecule is Cc1cc(SN)ccc1-c1cccc(CN2CCCC2)c1. The van der Waals surface area contributed by atoms with Crippen LogP contribution in [0.5, 0.6) is 0 Å². The van der Waals surface area contributed by atoms with Crippen molar-refractivity contribution in [3.63, 3.8) is 0 Å². The molecule has 3 rings (SSSR count). The molecule has 3 heteroatoms. The lowest BCUT2D eigenvalue weighted by Gasteiger charge is -2.15. The van der Waals surface area contributed by atoms with E-state index < -0.39 is 0 Å². The Kier molecular flexibility index (Phi) is 4.63. The molecule has 2 N–H and O–H groups in total. The molecule has 2 aromatic rings. The van der Waals surface area contributed by atoms with E-state index >= 15 is 0 Å². The normalized spacial score (nSPS) is 15.5. The number of hydrogen-bond acceptors (Lipinski definition) is 3. The minimum atomic E-state index is 1.07. The zero-order valence-electron chi connectivity index (χ0n) is 12.5. The van der Waals surface area contributed by atoms with Crippen LogP contribution in [0, 0.1) is 6.92 Å². The standard InChI is InChI=1S/C18H22N2S/c1-14-11-17(21-19)7-8-18(14)16-6-4-5-15(12-16)13-20-9-2-3-10-20/h4-8,11-12H,2-3,9-10,13,19H2,1H3. The predicted octanol–water partition coefficient (Wildman–Crippen LogP) is 4.22. The number of benzene rings is 2. The van der Waals surface area contributed by atoms with Crippen LogP contribution in [-0.4, -0.2) is 18.0 Å². The Balaban J connectivity index is 1.85. The Bertz CT molecular complexity index is 618. The second-order valence-electron chi connectivity index (χ2n) is 5.78. The van der Waals surface area contributed by atoms with E-state index in [4.69, 9.17) is 5.14 Å². The molecule has 0 atom stereocenters. The van der Waals surface area contributed by atoms with Crippen molar-refractivity contribution >= 4 is 11.9 Å². The molecular formula is C18H22N2S. The average Bonchev–Trinajstić information content (AvgIpc) is 3.00. The summed E-state index contributed by atoms with van der Waals surface area (Å²) < 4.78 is 0. The first kappa shape index (κ1) is 14.6. The molecule has 0 radical (unpaired) electrons. The molecular weight excluding hydrogens is 276 g/mol. The number of aryl methyl sites for hydroxylation is 1. The van der Waals surface area contributed by atoms with E-state index in [1.165, 1.54) is 60.1 Å². The van der Waals surface area contributed by atoms with Gasteiger partial charge in [-0.15, -0.1) is 0 Å². The van der Waals surface area contributed by atoms with Gasteiger partial charge in [0.25, 0.3) is 0 Å². The van der Waals surface area contributed by atoms with Gasteiger partial charge in [0, 0.05) is 11.4 Å². The smallest absolute Gasteiger partial charge is 0.0233 e. The van der Waals surface area contributed by atoms with Gasteiger partial charge in [-0.1, -0.05) is 24.3 Å². The van der Waals surface area contributed by atoms with Crippen LogP contribution in [0.1, 0.15) is 24.0 Å². The molecule has 2 aromatic carbocycles. The van der Waals surface area contributed by atoms with Gasteiger partial charge in [-0.3, -0.25) is 10.0 Å². The molecule has 0 saturated carbocycles. The largest absolute Gasteiger partial charge is 0.299 e. The maximum atomic E-state index is 5.63. The van der Waals surface area contributed by atoms with Crippen molar-refractivity contribution in [2.75, 3.05) is 13.1 Å². The Labute approximate surface area is 131 Å². The molecule has 1 heterocycles. The van der Waals surface area contributed by atoms with Gasteiger partial charge in [0.1, 0.15) is 0 Å². The minimum Gasteiger partial charge on any atom is -0.299 e. The molecule has 1 aliphatic rings. The number of rotatable bonds is 4. The fraction of sp³-hybridized carbons (Fsp3) is 0.333. The third kappa shape index (κ3) is 3.49. The van der Waals surface area contributed by atoms with Gasteiger partial charge < -0.3 is 0 Å². The third-order valence-corrected chi connectivity index (χ3v) is 4.70. The van der Waals surface area contributed by atoms with Crippen LogP contribution in [0.3, 0.4) is 0 Å². The molecule has 0 amide bonds. The summed E-state index contributed by atoms with van der Waals surface area (Å²) >= 11 is 1.30. The zero-order valence-corrected chi connectivity index (χ0v) is 13.3. The first-order valence-electron chi connectivity index (χ1n) is 7.55. The summed E-state index contributed by atoms with van der Waals surface area (Å²) in [5.74, 6) is 0. The summed E-state index contributed by atoms with van der Waals surface area (Å²) in [6, 6.07) is 15.4. The summed E-state index contributed by atoms with van der Waals surface area (Å²) in [4.78, 5) is 3.66. The molecule has 21 heavy (non-hydrogen) atoms. The van der Waals surface area contributed by atoms with Gasteiger partial charge >= 0.3 is 0 Å². The van der Waals surface area contributed by atoms with Crippen molar-refractivity contribution in [1.29, 1.82) is 0 Å². The first-order chi connectivity index (χ1) is 10.3. The van der Waals surface area contributed by atoms with Crippen molar-refractivity contribution in [3.8, 4) is 11.1 Å². The lowest BCUT2D eigenvalue weighted by Crippen LogP contribution is -2.18. The average molecular weight is 298 g/mol. The maximum Gasteiger partial charge on any atom is 0.0233 e. The highest BCUT2D eigenvalue weighted by molar-refractivity contribution is 7.97. The number of nitrogens with two attached hydrogens (primary N) is 1. The van der Waals surface area contributed by atoms with Crippen LogP contribution >= 0.6 is 11.9 Å². The molecule has 110 valence electrons. The van der Waals surface area contributed by atoms with Gasteiger partial charge in [-0.05, 0) is 85.3 Å². The Hall–Kier alpha value is -1.29. The van der Waals surface area contributed by atoms with Crippen LogP contribution in [0.4, 0.5) is 0 Å². The Morgan fingerprint density at radius 1 is 1.10 bits per heavy atom. The predicted molar refractivity (Wildman–Crippen MR) is 91.2 cm³/mol. The van der Waals surface area contributed by atoms with E-state index in [-0.39, 0.29) is 0 Å². The minimum absolute atomic E-state index is 1.07. The van der Waals surface area contributed by atoms with Gasteiger partial charge in [-0.25, -0.2) is 0 Å². The van der Waals surface area contributed by atoms with Crippen molar-refractivity contribution < 1.29 is 0 Å². The van der Waals surface area contributed by atoms with E-state index in [0.717, 1.165) is 11.4 Å². The topological polar surface area (TPSA) is 29.3 Å². The molecule has 0 spiro atoms. The van der Waals surface area contributed by atoms with E-state index in [1.807, 2.05) is 0 Å². The monoisotopic (exact) mass is 298 g/mol. The Morgan fingerprint density at radius 3 is 2.62 bits per heavy atom. The van der Waals surface area contributed by atoms with Crippen molar-refractivity contribution in [2.45, 2.75) is 31.2 Å². The van der Waals surface area contributed by atoms with Crippen molar-refractivity contribution in [1.82, 2.24) is 4.90 Å². The lowest BCUT2D eigenvalue weighted by molar-refractivity contribution is 0.331. The highest BCUT2D eigenvalue weighted by Gasteiger charge is 2.12. The van der Waals surface area contributed by atoms with Gasteiger partial charge in [0.05, 0.1) is 0 Å². The number of nitrogens with zero attached hydrogens (tertiary/aromatic N) is 1. The van der Waals surface area contributed by atoms with Crippen LogP contribution in [0.2, 0.25) is 0 Å². The molecule has 0 aromatic heterocycles.